The van der Waals surface area contributed by atoms with E-state index in [0.717, 1.165) is 25.7 Å². The third-order valence-electron chi connectivity index (χ3n) is 3.88. The summed E-state index contributed by atoms with van der Waals surface area (Å²) in [6.45, 7) is 4.47. The maximum Gasteiger partial charge on any atom is 0.0792 e. The zero-order valence-corrected chi connectivity index (χ0v) is 10.4. The number of aliphatic hydroxyl groups excluding tert-OH is 1. The van der Waals surface area contributed by atoms with Gasteiger partial charge in [-0.3, -0.25) is 0 Å². The summed E-state index contributed by atoms with van der Waals surface area (Å²) in [6.07, 6.45) is 5.35. The number of hydrogen-bond acceptors (Lipinski definition) is 1. The van der Waals surface area contributed by atoms with Crippen molar-refractivity contribution in [3.63, 3.8) is 0 Å². The van der Waals surface area contributed by atoms with Crippen LogP contribution < -0.4 is 0 Å². The van der Waals surface area contributed by atoms with Gasteiger partial charge in [0.25, 0.3) is 0 Å². The van der Waals surface area contributed by atoms with E-state index in [1.54, 1.807) is 0 Å². The fourth-order valence-corrected chi connectivity index (χ4v) is 2.50. The lowest BCUT2D eigenvalue weighted by molar-refractivity contribution is 0.166. The molecule has 0 amide bonds. The molecule has 0 aromatic heterocycles. The standard InChI is InChI=1S/C15H22O/c1-3-11(2)13-9-8-12-6-4-5-7-15(16)14(12)10-13/h8-11,15-16H,3-7H2,1-2H3. The van der Waals surface area contributed by atoms with Gasteiger partial charge in [0.15, 0.2) is 0 Å². The third kappa shape index (κ3) is 2.30. The van der Waals surface area contributed by atoms with E-state index in [1.165, 1.54) is 23.1 Å². The molecule has 2 unspecified atom stereocenters. The topological polar surface area (TPSA) is 20.2 Å². The molecule has 0 aliphatic heterocycles. The number of benzene rings is 1. The molecule has 1 aromatic carbocycles. The van der Waals surface area contributed by atoms with Gasteiger partial charge in [0.1, 0.15) is 0 Å². The van der Waals surface area contributed by atoms with Crippen LogP contribution in [0.2, 0.25) is 0 Å². The molecule has 0 radical (unpaired) electrons. The summed E-state index contributed by atoms with van der Waals surface area (Å²) in [5.41, 5.74) is 3.93. The van der Waals surface area contributed by atoms with Crippen molar-refractivity contribution in [2.75, 3.05) is 0 Å². The predicted molar refractivity (Wildman–Crippen MR) is 67.7 cm³/mol. The van der Waals surface area contributed by atoms with Gasteiger partial charge in [-0.25, -0.2) is 0 Å². The molecule has 0 spiro atoms. The Kier molecular flexibility index (Phi) is 3.65. The first-order valence-corrected chi connectivity index (χ1v) is 6.53. The van der Waals surface area contributed by atoms with E-state index < -0.39 is 0 Å². The Labute approximate surface area is 98.5 Å². The second-order valence-electron chi connectivity index (χ2n) is 5.03. The van der Waals surface area contributed by atoms with Crippen molar-refractivity contribution in [1.29, 1.82) is 0 Å². The van der Waals surface area contributed by atoms with Crippen molar-refractivity contribution in [3.8, 4) is 0 Å². The highest BCUT2D eigenvalue weighted by molar-refractivity contribution is 5.36. The Bertz CT molecular complexity index is 356. The molecule has 1 aliphatic carbocycles. The number of rotatable bonds is 2. The molecule has 0 saturated heterocycles. The van der Waals surface area contributed by atoms with Crippen LogP contribution in [0.1, 0.15) is 68.2 Å². The van der Waals surface area contributed by atoms with Gasteiger partial charge in [0.2, 0.25) is 0 Å². The molecule has 1 heteroatoms. The molecule has 1 aliphatic rings. The van der Waals surface area contributed by atoms with E-state index >= 15 is 0 Å². The van der Waals surface area contributed by atoms with Crippen molar-refractivity contribution in [1.82, 2.24) is 0 Å². The van der Waals surface area contributed by atoms with Gasteiger partial charge >= 0.3 is 0 Å². The summed E-state index contributed by atoms with van der Waals surface area (Å²) in [7, 11) is 0. The highest BCUT2D eigenvalue weighted by atomic mass is 16.3. The minimum Gasteiger partial charge on any atom is -0.388 e. The molecular weight excluding hydrogens is 196 g/mol. The maximum absolute atomic E-state index is 10.1. The third-order valence-corrected chi connectivity index (χ3v) is 3.88. The van der Waals surface area contributed by atoms with Gasteiger partial charge in [-0.1, -0.05) is 38.5 Å². The van der Waals surface area contributed by atoms with Gasteiger partial charge in [0, 0.05) is 0 Å². The summed E-state index contributed by atoms with van der Waals surface area (Å²) >= 11 is 0. The van der Waals surface area contributed by atoms with Crippen LogP contribution in [0.25, 0.3) is 0 Å². The fraction of sp³-hybridized carbons (Fsp3) is 0.600. The Hall–Kier alpha value is -0.820. The average Bonchev–Trinajstić information content (AvgIpc) is 2.50. The number of hydrogen-bond donors (Lipinski definition) is 1. The molecule has 0 saturated carbocycles. The molecule has 88 valence electrons. The summed E-state index contributed by atoms with van der Waals surface area (Å²) < 4.78 is 0. The normalized spacial score (nSPS) is 22.3. The van der Waals surface area contributed by atoms with Crippen LogP contribution in [0, 0.1) is 0 Å². The van der Waals surface area contributed by atoms with Gasteiger partial charge < -0.3 is 5.11 Å². The Balaban J connectivity index is 2.35. The van der Waals surface area contributed by atoms with Crippen LogP contribution in [0.3, 0.4) is 0 Å². The first-order chi connectivity index (χ1) is 7.72. The second kappa shape index (κ2) is 5.01. The van der Waals surface area contributed by atoms with Gasteiger partial charge in [-0.05, 0) is 48.3 Å². The van der Waals surface area contributed by atoms with Crippen LogP contribution in [0.15, 0.2) is 18.2 Å². The minimum atomic E-state index is -0.235. The lowest BCUT2D eigenvalue weighted by Crippen LogP contribution is -2.01. The van der Waals surface area contributed by atoms with E-state index in [0.29, 0.717) is 5.92 Å². The van der Waals surface area contributed by atoms with E-state index in [4.69, 9.17) is 0 Å². The molecule has 1 N–H and O–H groups in total. The molecule has 0 bridgehead atoms. The number of fused-ring (bicyclic) bond motifs is 1. The molecule has 1 aromatic rings. The summed E-state index contributed by atoms with van der Waals surface area (Å²) in [5, 5.41) is 10.1. The van der Waals surface area contributed by atoms with Crippen molar-refractivity contribution in [2.24, 2.45) is 0 Å². The van der Waals surface area contributed by atoms with Gasteiger partial charge in [-0.2, -0.15) is 0 Å². The van der Waals surface area contributed by atoms with E-state index in [2.05, 4.69) is 32.0 Å². The molecule has 0 fully saturated rings. The second-order valence-corrected chi connectivity index (χ2v) is 5.03. The smallest absolute Gasteiger partial charge is 0.0792 e. The highest BCUT2D eigenvalue weighted by Crippen LogP contribution is 2.31. The summed E-state index contributed by atoms with van der Waals surface area (Å²) in [4.78, 5) is 0. The first-order valence-electron chi connectivity index (χ1n) is 6.53. The molecule has 0 heterocycles. The van der Waals surface area contributed by atoms with Crippen LogP contribution in [0.4, 0.5) is 0 Å². The van der Waals surface area contributed by atoms with E-state index in [9.17, 15) is 5.11 Å². The predicted octanol–water partition coefficient (Wildman–Crippen LogP) is 3.96. The van der Waals surface area contributed by atoms with Crippen LogP contribution in [-0.2, 0) is 6.42 Å². The minimum absolute atomic E-state index is 0.235. The van der Waals surface area contributed by atoms with Gasteiger partial charge in [0.05, 0.1) is 6.10 Å². The first kappa shape index (κ1) is 11.7. The van der Waals surface area contributed by atoms with Crippen molar-refractivity contribution in [2.45, 2.75) is 58.0 Å². The maximum atomic E-state index is 10.1. The molecule has 16 heavy (non-hydrogen) atoms. The largest absolute Gasteiger partial charge is 0.388 e. The van der Waals surface area contributed by atoms with E-state index in [1.807, 2.05) is 0 Å². The highest BCUT2D eigenvalue weighted by Gasteiger charge is 2.17. The average molecular weight is 218 g/mol. The van der Waals surface area contributed by atoms with Crippen LogP contribution in [0.5, 0.6) is 0 Å². The zero-order chi connectivity index (χ0) is 11.5. The van der Waals surface area contributed by atoms with Crippen molar-refractivity contribution >= 4 is 0 Å². The zero-order valence-electron chi connectivity index (χ0n) is 10.4. The van der Waals surface area contributed by atoms with E-state index in [-0.39, 0.29) is 6.10 Å². The lowest BCUT2D eigenvalue weighted by Gasteiger charge is -2.16. The Morgan fingerprint density at radius 2 is 2.19 bits per heavy atom. The fourth-order valence-electron chi connectivity index (χ4n) is 2.50. The molecule has 2 atom stereocenters. The van der Waals surface area contributed by atoms with Crippen molar-refractivity contribution < 1.29 is 5.11 Å². The van der Waals surface area contributed by atoms with Crippen LogP contribution >= 0.6 is 0 Å². The SMILES string of the molecule is CCC(C)c1ccc2c(c1)C(O)CCCC2. The monoisotopic (exact) mass is 218 g/mol. The molecule has 1 nitrogen and oxygen atoms in total. The number of aliphatic hydroxyl groups is 1. The van der Waals surface area contributed by atoms with Crippen molar-refractivity contribution in [3.05, 3.63) is 34.9 Å². The summed E-state index contributed by atoms with van der Waals surface area (Å²) in [5.74, 6) is 0.598. The quantitative estimate of drug-likeness (QED) is 0.745. The Morgan fingerprint density at radius 3 is 2.94 bits per heavy atom. The Morgan fingerprint density at radius 1 is 1.38 bits per heavy atom. The summed E-state index contributed by atoms with van der Waals surface area (Å²) in [6, 6.07) is 6.70. The van der Waals surface area contributed by atoms with Crippen LogP contribution in [-0.4, -0.2) is 5.11 Å². The number of aryl methyl sites for hydroxylation is 1. The lowest BCUT2D eigenvalue weighted by atomic mass is 9.92. The molecular formula is C15H22O. The van der Waals surface area contributed by atoms with Gasteiger partial charge in [-0.15, -0.1) is 0 Å². The molecule has 2 rings (SSSR count).